The molecule has 1 heterocycles. The number of rotatable bonds is 2. The van der Waals surface area contributed by atoms with Crippen LogP contribution in [0.2, 0.25) is 0 Å². The Morgan fingerprint density at radius 2 is 2.10 bits per heavy atom. The summed E-state index contributed by atoms with van der Waals surface area (Å²) in [5.74, 6) is 1.54. The van der Waals surface area contributed by atoms with Gasteiger partial charge in [-0.2, -0.15) is 0 Å². The summed E-state index contributed by atoms with van der Waals surface area (Å²) >= 11 is 1.57. The molecule has 0 fully saturated rings. The van der Waals surface area contributed by atoms with Crippen LogP contribution in [0, 0.1) is 5.92 Å². The van der Waals surface area contributed by atoms with E-state index in [1.807, 2.05) is 43.3 Å². The highest BCUT2D eigenvalue weighted by molar-refractivity contribution is 7.98. The number of aliphatic imine (C=N–C) groups is 2. The van der Waals surface area contributed by atoms with E-state index in [4.69, 9.17) is 10.7 Å². The van der Waals surface area contributed by atoms with Crippen molar-refractivity contribution in [1.29, 1.82) is 0 Å². The lowest BCUT2D eigenvalue weighted by atomic mass is 9.90. The molecular formula is C15H16N4S. The zero-order valence-corrected chi connectivity index (χ0v) is 12.0. The lowest BCUT2D eigenvalue weighted by Crippen LogP contribution is -2.35. The van der Waals surface area contributed by atoms with Gasteiger partial charge in [0.1, 0.15) is 11.7 Å². The fourth-order valence-corrected chi connectivity index (χ4v) is 2.91. The topological polar surface area (TPSA) is 62.8 Å². The lowest BCUT2D eigenvalue weighted by Gasteiger charge is -2.22. The molecule has 20 heavy (non-hydrogen) atoms. The molecule has 1 aliphatic carbocycles. The molecule has 5 heteroatoms. The summed E-state index contributed by atoms with van der Waals surface area (Å²) in [7, 11) is 0. The van der Waals surface area contributed by atoms with E-state index in [-0.39, 0.29) is 5.92 Å². The van der Waals surface area contributed by atoms with E-state index in [0.717, 1.165) is 34.4 Å². The average Bonchev–Trinajstić information content (AvgIpc) is 2.93. The number of nitrogens with two attached hydrogens (primary N) is 1. The lowest BCUT2D eigenvalue weighted by molar-refractivity contribution is 1.00. The molecule has 1 aromatic carbocycles. The Bertz CT molecular complexity index is 629. The van der Waals surface area contributed by atoms with Gasteiger partial charge < -0.3 is 10.5 Å². The minimum atomic E-state index is -0.0751. The van der Waals surface area contributed by atoms with Crippen molar-refractivity contribution in [3.63, 3.8) is 0 Å². The summed E-state index contributed by atoms with van der Waals surface area (Å²) in [6.45, 7) is 2.03. The van der Waals surface area contributed by atoms with E-state index in [1.54, 1.807) is 11.9 Å². The monoisotopic (exact) mass is 284 g/mol. The van der Waals surface area contributed by atoms with E-state index >= 15 is 0 Å². The molecule has 0 bridgehead atoms. The molecule has 3 rings (SSSR count). The van der Waals surface area contributed by atoms with Crippen molar-refractivity contribution in [2.24, 2.45) is 21.6 Å². The fourth-order valence-electron chi connectivity index (χ4n) is 2.31. The number of hydrogen-bond acceptors (Lipinski definition) is 5. The van der Waals surface area contributed by atoms with Gasteiger partial charge in [-0.25, -0.2) is 0 Å². The summed E-state index contributed by atoms with van der Waals surface area (Å²) in [6.07, 6.45) is 4.06. The second kappa shape index (κ2) is 5.54. The first-order chi connectivity index (χ1) is 9.74. The van der Waals surface area contributed by atoms with Gasteiger partial charge in [0.2, 0.25) is 0 Å². The maximum absolute atomic E-state index is 6.20. The van der Waals surface area contributed by atoms with E-state index in [1.165, 1.54) is 0 Å². The molecule has 0 saturated carbocycles. The van der Waals surface area contributed by atoms with Gasteiger partial charge in [-0.3, -0.25) is 9.98 Å². The summed E-state index contributed by atoms with van der Waals surface area (Å²) in [5.41, 5.74) is 9.96. The third-order valence-corrected chi connectivity index (χ3v) is 3.77. The standard InChI is InChI=1S/C15H16N4S/c1-10-7-12(16)14(15-17-9-20-19-15)13(8-10)18-11-5-3-2-4-6-11/h2-8,14H,9,16H2,1H3,(H,17,19). The maximum Gasteiger partial charge on any atom is 0.122 e. The molecule has 4 nitrogen and oxygen atoms in total. The van der Waals surface area contributed by atoms with Crippen LogP contribution >= 0.6 is 11.9 Å². The van der Waals surface area contributed by atoms with Crippen molar-refractivity contribution in [3.05, 3.63) is 53.8 Å². The Morgan fingerprint density at radius 1 is 1.30 bits per heavy atom. The molecule has 1 aliphatic heterocycles. The predicted molar refractivity (Wildman–Crippen MR) is 86.1 cm³/mol. The van der Waals surface area contributed by atoms with Gasteiger partial charge in [-0.1, -0.05) is 18.2 Å². The van der Waals surface area contributed by atoms with Gasteiger partial charge in [0.25, 0.3) is 0 Å². The highest BCUT2D eigenvalue weighted by Crippen LogP contribution is 2.25. The average molecular weight is 284 g/mol. The molecule has 102 valence electrons. The Kier molecular flexibility index (Phi) is 3.60. The summed E-state index contributed by atoms with van der Waals surface area (Å²) in [6, 6.07) is 9.92. The zero-order valence-electron chi connectivity index (χ0n) is 11.2. The van der Waals surface area contributed by atoms with Crippen LogP contribution in [0.25, 0.3) is 0 Å². The van der Waals surface area contributed by atoms with Gasteiger partial charge in [-0.05, 0) is 48.7 Å². The van der Waals surface area contributed by atoms with Crippen molar-refractivity contribution in [2.75, 3.05) is 5.88 Å². The first-order valence-corrected chi connectivity index (χ1v) is 7.44. The fraction of sp³-hybridized carbons (Fsp3) is 0.200. The van der Waals surface area contributed by atoms with Crippen molar-refractivity contribution >= 4 is 29.2 Å². The minimum absolute atomic E-state index is 0.0751. The normalized spacial score (nSPS) is 23.9. The number of nitrogens with one attached hydrogen (secondary N) is 1. The molecule has 1 atom stereocenters. The van der Waals surface area contributed by atoms with Crippen LogP contribution in [-0.4, -0.2) is 17.4 Å². The summed E-state index contributed by atoms with van der Waals surface area (Å²) in [5, 5.41) is 0. The Hall–Kier alpha value is -2.01. The molecule has 1 aromatic rings. The van der Waals surface area contributed by atoms with Crippen molar-refractivity contribution in [1.82, 2.24) is 4.72 Å². The molecule has 0 saturated heterocycles. The van der Waals surface area contributed by atoms with E-state index < -0.39 is 0 Å². The molecule has 3 N–H and O–H groups in total. The molecule has 1 unspecified atom stereocenters. The van der Waals surface area contributed by atoms with Crippen LogP contribution in [-0.2, 0) is 0 Å². The smallest absolute Gasteiger partial charge is 0.122 e. The quantitative estimate of drug-likeness (QED) is 0.821. The van der Waals surface area contributed by atoms with Crippen LogP contribution in [0.1, 0.15) is 6.92 Å². The second-order valence-corrected chi connectivity index (χ2v) is 5.51. The maximum atomic E-state index is 6.20. The molecular weight excluding hydrogens is 268 g/mol. The van der Waals surface area contributed by atoms with Crippen LogP contribution < -0.4 is 10.5 Å². The van der Waals surface area contributed by atoms with Crippen LogP contribution in [0.15, 0.2) is 63.7 Å². The van der Waals surface area contributed by atoms with Crippen molar-refractivity contribution < 1.29 is 0 Å². The van der Waals surface area contributed by atoms with Gasteiger partial charge in [0.05, 0.1) is 17.3 Å². The van der Waals surface area contributed by atoms with Gasteiger partial charge in [-0.15, -0.1) is 0 Å². The molecule has 0 spiro atoms. The van der Waals surface area contributed by atoms with Crippen LogP contribution in [0.5, 0.6) is 0 Å². The molecule has 0 amide bonds. The third kappa shape index (κ3) is 2.63. The largest absolute Gasteiger partial charge is 0.401 e. The van der Waals surface area contributed by atoms with E-state index in [0.29, 0.717) is 0 Å². The molecule has 0 aromatic heterocycles. The van der Waals surface area contributed by atoms with Crippen LogP contribution in [0.3, 0.4) is 0 Å². The summed E-state index contributed by atoms with van der Waals surface area (Å²) < 4.78 is 3.22. The zero-order chi connectivity index (χ0) is 13.9. The number of para-hydroxylation sites is 1. The Labute approximate surface area is 122 Å². The Morgan fingerprint density at radius 3 is 2.80 bits per heavy atom. The predicted octanol–water partition coefficient (Wildman–Crippen LogP) is 2.79. The first kappa shape index (κ1) is 13.0. The van der Waals surface area contributed by atoms with Gasteiger partial charge >= 0.3 is 0 Å². The number of amidine groups is 1. The number of benzene rings is 1. The Balaban J connectivity index is 2.01. The summed E-state index contributed by atoms with van der Waals surface area (Å²) in [4.78, 5) is 9.20. The van der Waals surface area contributed by atoms with Crippen molar-refractivity contribution in [2.45, 2.75) is 6.92 Å². The molecule has 0 radical (unpaired) electrons. The number of allylic oxidation sites excluding steroid dienone is 3. The number of hydrogen-bond donors (Lipinski definition) is 2. The van der Waals surface area contributed by atoms with E-state index in [2.05, 4.69) is 15.8 Å². The third-order valence-electron chi connectivity index (χ3n) is 3.16. The van der Waals surface area contributed by atoms with Gasteiger partial charge in [0, 0.05) is 5.70 Å². The SMILES string of the molecule is CC1=CC(=Nc2ccccc2)C(C2=NCSN2)C(N)=C1. The van der Waals surface area contributed by atoms with Crippen LogP contribution in [0.4, 0.5) is 5.69 Å². The minimum Gasteiger partial charge on any atom is -0.401 e. The van der Waals surface area contributed by atoms with E-state index in [9.17, 15) is 0 Å². The first-order valence-electron chi connectivity index (χ1n) is 6.45. The number of nitrogens with zero attached hydrogens (tertiary/aromatic N) is 2. The van der Waals surface area contributed by atoms with Gasteiger partial charge in [0.15, 0.2) is 0 Å². The second-order valence-electron chi connectivity index (χ2n) is 4.76. The molecule has 2 aliphatic rings. The highest BCUT2D eigenvalue weighted by atomic mass is 32.2. The van der Waals surface area contributed by atoms with Crippen molar-refractivity contribution in [3.8, 4) is 0 Å². The highest BCUT2D eigenvalue weighted by Gasteiger charge is 2.28.